The first kappa shape index (κ1) is 15.7. The van der Waals surface area contributed by atoms with E-state index < -0.39 is 5.82 Å². The van der Waals surface area contributed by atoms with Crippen LogP contribution in [-0.2, 0) is 0 Å². The van der Waals surface area contributed by atoms with Crippen LogP contribution in [0.3, 0.4) is 0 Å². The Balaban J connectivity index is 2.52. The normalized spacial score (nSPS) is 11.1. The van der Waals surface area contributed by atoms with Crippen LogP contribution >= 0.6 is 31.9 Å². The molecule has 2 aromatic rings. The number of hydrogen-bond acceptors (Lipinski definition) is 2. The first-order chi connectivity index (χ1) is 10.1. The van der Waals surface area contributed by atoms with E-state index in [0.717, 1.165) is 14.5 Å². The molecule has 0 saturated heterocycles. The van der Waals surface area contributed by atoms with Gasteiger partial charge in [-0.3, -0.25) is 0 Å². The Hall–Kier alpha value is -1.64. The highest BCUT2D eigenvalue weighted by Gasteiger charge is 2.10. The van der Waals surface area contributed by atoms with Crippen LogP contribution in [0.1, 0.15) is 11.1 Å². The highest BCUT2D eigenvalue weighted by atomic mass is 79.9. The van der Waals surface area contributed by atoms with Crippen molar-refractivity contribution in [3.05, 3.63) is 62.3 Å². The molecule has 0 aliphatic heterocycles. The molecule has 21 heavy (non-hydrogen) atoms. The van der Waals surface area contributed by atoms with E-state index in [9.17, 15) is 9.65 Å². The minimum atomic E-state index is -0.419. The summed E-state index contributed by atoms with van der Waals surface area (Å²) in [6, 6.07) is 11.9. The minimum absolute atomic E-state index is 0.261. The van der Waals surface area contributed by atoms with Gasteiger partial charge < -0.3 is 4.74 Å². The fraction of sp³-hybridized carbons (Fsp3) is 0.0625. The Kier molecular flexibility index (Phi) is 5.16. The number of nitrogens with zero attached hydrogens (tertiary/aromatic N) is 1. The monoisotopic (exact) mass is 409 g/mol. The van der Waals surface area contributed by atoms with Gasteiger partial charge in [-0.25, -0.2) is 4.39 Å². The van der Waals surface area contributed by atoms with Crippen molar-refractivity contribution in [3.8, 4) is 11.8 Å². The number of halogens is 3. The average Bonchev–Trinajstić information content (AvgIpc) is 2.45. The molecule has 2 aromatic carbocycles. The van der Waals surface area contributed by atoms with Crippen LogP contribution in [0.4, 0.5) is 4.39 Å². The number of rotatable bonds is 3. The van der Waals surface area contributed by atoms with Crippen LogP contribution < -0.4 is 4.74 Å². The fourth-order valence-corrected chi connectivity index (χ4v) is 3.42. The molecule has 0 amide bonds. The third-order valence-electron chi connectivity index (χ3n) is 2.82. The molecule has 0 bridgehead atoms. The van der Waals surface area contributed by atoms with Crippen molar-refractivity contribution in [2.75, 3.05) is 7.11 Å². The van der Waals surface area contributed by atoms with Gasteiger partial charge in [-0.1, -0.05) is 18.2 Å². The summed E-state index contributed by atoms with van der Waals surface area (Å²) in [6.45, 7) is 0. The Morgan fingerprint density at radius 1 is 1.24 bits per heavy atom. The van der Waals surface area contributed by atoms with E-state index in [4.69, 9.17) is 4.74 Å². The largest absolute Gasteiger partial charge is 0.494 e. The summed E-state index contributed by atoms with van der Waals surface area (Å²) in [6.07, 6.45) is 1.63. The molecule has 0 atom stereocenters. The highest BCUT2D eigenvalue weighted by Crippen LogP contribution is 2.35. The molecule has 0 heterocycles. The molecule has 0 aliphatic rings. The number of ether oxygens (including phenoxy) is 1. The summed E-state index contributed by atoms with van der Waals surface area (Å²) in [4.78, 5) is 0. The molecule has 0 spiro atoms. The highest BCUT2D eigenvalue weighted by molar-refractivity contribution is 9.11. The molecule has 0 saturated carbocycles. The topological polar surface area (TPSA) is 33.0 Å². The lowest BCUT2D eigenvalue weighted by Gasteiger charge is -2.08. The average molecular weight is 411 g/mol. The summed E-state index contributed by atoms with van der Waals surface area (Å²) < 4.78 is 20.5. The van der Waals surface area contributed by atoms with Crippen LogP contribution in [-0.4, -0.2) is 7.11 Å². The van der Waals surface area contributed by atoms with E-state index in [-0.39, 0.29) is 11.1 Å². The first-order valence-electron chi connectivity index (χ1n) is 5.96. The third kappa shape index (κ3) is 3.52. The summed E-state index contributed by atoms with van der Waals surface area (Å²) >= 11 is 6.80. The van der Waals surface area contributed by atoms with Crippen molar-refractivity contribution in [2.24, 2.45) is 0 Å². The lowest BCUT2D eigenvalue weighted by molar-refractivity contribution is 0.409. The Morgan fingerprint density at radius 3 is 2.38 bits per heavy atom. The van der Waals surface area contributed by atoms with Gasteiger partial charge in [0.05, 0.1) is 27.7 Å². The van der Waals surface area contributed by atoms with Crippen molar-refractivity contribution in [1.82, 2.24) is 0 Å². The van der Waals surface area contributed by atoms with Gasteiger partial charge in [0.1, 0.15) is 11.6 Å². The van der Waals surface area contributed by atoms with E-state index in [1.807, 2.05) is 18.2 Å². The maximum atomic E-state index is 13.8. The maximum absolute atomic E-state index is 13.8. The molecule has 0 fully saturated rings. The molecule has 5 heteroatoms. The standard InChI is InChI=1S/C16H10Br2FNO/c1-21-16-13(17)7-10(8-14(16)18)6-11(9-20)12-4-2-3-5-15(12)19/h2-8H,1H3/b11-6-. The zero-order chi connectivity index (χ0) is 15.4. The van der Waals surface area contributed by atoms with Crippen molar-refractivity contribution >= 4 is 43.5 Å². The summed E-state index contributed by atoms with van der Waals surface area (Å²) in [7, 11) is 1.57. The maximum Gasteiger partial charge on any atom is 0.147 e. The third-order valence-corrected chi connectivity index (χ3v) is 4.00. The number of hydrogen-bond donors (Lipinski definition) is 0. The number of allylic oxidation sites excluding steroid dienone is 1. The minimum Gasteiger partial charge on any atom is -0.494 e. The van der Waals surface area contributed by atoms with Crippen LogP contribution in [0.15, 0.2) is 45.3 Å². The van der Waals surface area contributed by atoms with Crippen LogP contribution in [0, 0.1) is 17.1 Å². The summed E-state index contributed by atoms with van der Waals surface area (Å²) in [5.74, 6) is 0.244. The Morgan fingerprint density at radius 2 is 1.86 bits per heavy atom. The van der Waals surface area contributed by atoms with Crippen molar-refractivity contribution in [2.45, 2.75) is 0 Å². The Bertz CT molecular complexity index is 727. The lowest BCUT2D eigenvalue weighted by Crippen LogP contribution is -1.89. The van der Waals surface area contributed by atoms with Gasteiger partial charge in [-0.2, -0.15) is 5.26 Å². The molecule has 0 unspecified atom stereocenters. The van der Waals surface area contributed by atoms with E-state index in [1.165, 1.54) is 6.07 Å². The van der Waals surface area contributed by atoms with Gasteiger partial charge in [0.25, 0.3) is 0 Å². The zero-order valence-electron chi connectivity index (χ0n) is 11.0. The van der Waals surface area contributed by atoms with E-state index in [2.05, 4.69) is 31.9 Å². The van der Waals surface area contributed by atoms with E-state index in [0.29, 0.717) is 5.75 Å². The second-order valence-electron chi connectivity index (χ2n) is 4.17. The molecule has 2 rings (SSSR count). The molecule has 0 aromatic heterocycles. The molecule has 0 aliphatic carbocycles. The van der Waals surface area contributed by atoms with Crippen molar-refractivity contribution in [1.29, 1.82) is 5.26 Å². The zero-order valence-corrected chi connectivity index (χ0v) is 14.2. The second kappa shape index (κ2) is 6.88. The fourth-order valence-electron chi connectivity index (χ4n) is 1.87. The lowest BCUT2D eigenvalue weighted by atomic mass is 10.0. The quantitative estimate of drug-likeness (QED) is 0.499. The van der Waals surface area contributed by atoms with Gasteiger partial charge >= 0.3 is 0 Å². The number of nitriles is 1. The Labute approximate surface area is 139 Å². The molecular formula is C16H10Br2FNO. The van der Waals surface area contributed by atoms with Gasteiger partial charge in [-0.15, -0.1) is 0 Å². The van der Waals surface area contributed by atoms with E-state index in [1.54, 1.807) is 31.4 Å². The van der Waals surface area contributed by atoms with Gasteiger partial charge in [-0.05, 0) is 61.7 Å². The van der Waals surface area contributed by atoms with Crippen LogP contribution in [0.2, 0.25) is 0 Å². The number of methoxy groups -OCH3 is 1. The van der Waals surface area contributed by atoms with Crippen molar-refractivity contribution in [3.63, 3.8) is 0 Å². The van der Waals surface area contributed by atoms with Crippen LogP contribution in [0.5, 0.6) is 5.75 Å². The van der Waals surface area contributed by atoms with Crippen LogP contribution in [0.25, 0.3) is 11.6 Å². The molecule has 106 valence electrons. The smallest absolute Gasteiger partial charge is 0.147 e. The SMILES string of the molecule is COc1c(Br)cc(/C=C(/C#N)c2ccccc2F)cc1Br. The van der Waals surface area contributed by atoms with Crippen molar-refractivity contribution < 1.29 is 9.13 Å². The predicted octanol–water partition coefficient (Wildman–Crippen LogP) is 5.42. The molecule has 0 radical (unpaired) electrons. The van der Waals surface area contributed by atoms with Gasteiger partial charge in [0.15, 0.2) is 0 Å². The predicted molar refractivity (Wildman–Crippen MR) is 88.3 cm³/mol. The summed E-state index contributed by atoms with van der Waals surface area (Å²) in [5.41, 5.74) is 1.30. The van der Waals surface area contributed by atoms with Gasteiger partial charge in [0, 0.05) is 5.56 Å². The molecule has 0 N–H and O–H groups in total. The van der Waals surface area contributed by atoms with Gasteiger partial charge in [0.2, 0.25) is 0 Å². The first-order valence-corrected chi connectivity index (χ1v) is 7.55. The number of benzene rings is 2. The molecular weight excluding hydrogens is 401 g/mol. The van der Waals surface area contributed by atoms with E-state index >= 15 is 0 Å². The second-order valence-corrected chi connectivity index (χ2v) is 5.88. The molecule has 2 nitrogen and oxygen atoms in total. The summed E-state index contributed by atoms with van der Waals surface area (Å²) in [5, 5.41) is 9.27.